The van der Waals surface area contributed by atoms with Gasteiger partial charge in [-0.25, -0.2) is 9.97 Å². The maximum atomic E-state index is 10.1. The zero-order chi connectivity index (χ0) is 29.1. The molecule has 6 rings (SSSR count). The fraction of sp³-hybridized carbons (Fsp3) is 0.387. The molecule has 2 aliphatic rings. The molecule has 0 aliphatic carbocycles. The Morgan fingerprint density at radius 3 is 2.50 bits per heavy atom. The third-order valence-corrected chi connectivity index (χ3v) is 8.00. The van der Waals surface area contributed by atoms with Crippen molar-refractivity contribution < 1.29 is 19.3 Å². The van der Waals surface area contributed by atoms with E-state index in [-0.39, 0.29) is 12.6 Å². The van der Waals surface area contributed by atoms with Gasteiger partial charge in [-0.3, -0.25) is 4.90 Å². The summed E-state index contributed by atoms with van der Waals surface area (Å²) in [6.07, 6.45) is 6.39. The zero-order valence-electron chi connectivity index (χ0n) is 24.3. The van der Waals surface area contributed by atoms with Crippen molar-refractivity contribution in [2.24, 2.45) is 0 Å². The van der Waals surface area contributed by atoms with Crippen molar-refractivity contribution >= 4 is 17.6 Å². The number of benzene rings is 2. The molecule has 0 amide bonds. The number of aliphatic hydroxyl groups excluding tert-OH is 1. The first kappa shape index (κ1) is 27.8. The van der Waals surface area contributed by atoms with Crippen LogP contribution in [0, 0.1) is 0 Å². The summed E-state index contributed by atoms with van der Waals surface area (Å²) >= 11 is 0. The van der Waals surface area contributed by atoms with E-state index in [0.717, 1.165) is 68.2 Å². The summed E-state index contributed by atoms with van der Waals surface area (Å²) < 4.78 is 18.4. The number of hydrogen-bond acceptors (Lipinski definition) is 10. The van der Waals surface area contributed by atoms with Crippen LogP contribution in [-0.2, 0) is 19.5 Å². The number of imidazole rings is 1. The average Bonchev–Trinajstić information content (AvgIpc) is 3.70. The van der Waals surface area contributed by atoms with E-state index < -0.39 is 0 Å². The molecule has 1 fully saturated rings. The van der Waals surface area contributed by atoms with Crippen LogP contribution in [0.15, 0.2) is 55.0 Å². The largest absolute Gasteiger partial charge is 0.493 e. The Labute approximate surface area is 245 Å². The van der Waals surface area contributed by atoms with Crippen molar-refractivity contribution in [3.8, 4) is 22.9 Å². The highest BCUT2D eigenvalue weighted by molar-refractivity contribution is 5.60. The van der Waals surface area contributed by atoms with Gasteiger partial charge in [0, 0.05) is 50.3 Å². The molecule has 11 heteroatoms. The number of methoxy groups -OCH3 is 3. The van der Waals surface area contributed by atoms with Crippen LogP contribution >= 0.6 is 0 Å². The lowest BCUT2D eigenvalue weighted by Crippen LogP contribution is -2.37. The zero-order valence-corrected chi connectivity index (χ0v) is 24.3. The average molecular weight is 572 g/mol. The minimum Gasteiger partial charge on any atom is -0.493 e. The van der Waals surface area contributed by atoms with E-state index in [1.807, 2.05) is 29.0 Å². The first-order valence-corrected chi connectivity index (χ1v) is 14.2. The van der Waals surface area contributed by atoms with E-state index in [0.29, 0.717) is 29.0 Å². The Balaban J connectivity index is 1.29. The summed E-state index contributed by atoms with van der Waals surface area (Å²) in [6, 6.07) is 14.3. The number of fused-ring (bicyclic) bond motifs is 1. The van der Waals surface area contributed by atoms with Crippen molar-refractivity contribution in [1.82, 2.24) is 24.4 Å². The minimum atomic E-state index is 0.0561. The fourth-order valence-corrected chi connectivity index (χ4v) is 5.89. The molecule has 0 bridgehead atoms. The molecule has 1 atom stereocenters. The van der Waals surface area contributed by atoms with Gasteiger partial charge in [-0.15, -0.1) is 0 Å². The van der Waals surface area contributed by atoms with Gasteiger partial charge < -0.3 is 34.1 Å². The van der Waals surface area contributed by atoms with Gasteiger partial charge in [-0.1, -0.05) is 30.3 Å². The van der Waals surface area contributed by atoms with Gasteiger partial charge in [0.05, 0.1) is 51.6 Å². The number of hydrogen-bond donors (Lipinski definition) is 2. The van der Waals surface area contributed by atoms with Crippen molar-refractivity contribution in [3.05, 3.63) is 71.8 Å². The SMILES string of the molecule is COc1cc(-n2cnc(Nc3nc4c(c(N5CCC[C@H]5CO)n3)CN(Cc3ccccc3)CC4)c2)cc(OC)c1OC. The predicted molar refractivity (Wildman–Crippen MR) is 160 cm³/mol. The van der Waals surface area contributed by atoms with E-state index in [1.165, 1.54) is 5.56 Å². The molecule has 4 heterocycles. The Hall–Kier alpha value is -4.35. The molecule has 2 aliphatic heterocycles. The molecule has 0 unspecified atom stereocenters. The lowest BCUT2D eigenvalue weighted by Gasteiger charge is -2.33. The Bertz CT molecular complexity index is 1500. The van der Waals surface area contributed by atoms with Crippen molar-refractivity contribution in [3.63, 3.8) is 0 Å². The second kappa shape index (κ2) is 12.3. The summed E-state index contributed by atoms with van der Waals surface area (Å²) in [6.45, 7) is 3.53. The van der Waals surface area contributed by atoms with Crippen LogP contribution in [0.4, 0.5) is 17.6 Å². The highest BCUT2D eigenvalue weighted by Gasteiger charge is 2.31. The Morgan fingerprint density at radius 1 is 1.00 bits per heavy atom. The van der Waals surface area contributed by atoms with Crippen LogP contribution in [0.2, 0.25) is 0 Å². The minimum absolute atomic E-state index is 0.0561. The first-order chi connectivity index (χ1) is 20.6. The lowest BCUT2D eigenvalue weighted by atomic mass is 10.0. The van der Waals surface area contributed by atoms with Crippen LogP contribution in [0.3, 0.4) is 0 Å². The lowest BCUT2D eigenvalue weighted by molar-refractivity contribution is 0.242. The smallest absolute Gasteiger partial charge is 0.230 e. The quantitative estimate of drug-likeness (QED) is 0.290. The van der Waals surface area contributed by atoms with Gasteiger partial charge in [-0.05, 0) is 18.4 Å². The van der Waals surface area contributed by atoms with Crippen molar-refractivity contribution in [1.29, 1.82) is 0 Å². The molecule has 2 aromatic heterocycles. The maximum Gasteiger partial charge on any atom is 0.230 e. The summed E-state index contributed by atoms with van der Waals surface area (Å²) in [7, 11) is 4.77. The molecule has 4 aromatic rings. The molecule has 0 radical (unpaired) electrons. The van der Waals surface area contributed by atoms with E-state index in [2.05, 4.69) is 44.4 Å². The molecule has 0 spiro atoms. The first-order valence-electron chi connectivity index (χ1n) is 14.2. The number of anilines is 3. The molecule has 2 aromatic carbocycles. The predicted octanol–water partition coefficient (Wildman–Crippen LogP) is 3.95. The van der Waals surface area contributed by atoms with Crippen molar-refractivity contribution in [2.45, 2.75) is 38.4 Å². The van der Waals surface area contributed by atoms with E-state index in [1.54, 1.807) is 27.7 Å². The van der Waals surface area contributed by atoms with E-state index in [4.69, 9.17) is 24.2 Å². The summed E-state index contributed by atoms with van der Waals surface area (Å²) in [5, 5.41) is 13.4. The number of rotatable bonds is 10. The number of nitrogens with zero attached hydrogens (tertiary/aromatic N) is 6. The fourth-order valence-electron chi connectivity index (χ4n) is 5.89. The summed E-state index contributed by atoms with van der Waals surface area (Å²) in [5.74, 6) is 3.66. The maximum absolute atomic E-state index is 10.1. The van der Waals surface area contributed by atoms with E-state index in [9.17, 15) is 5.11 Å². The van der Waals surface area contributed by atoms with Crippen LogP contribution in [0.25, 0.3) is 5.69 Å². The molecular weight excluding hydrogens is 534 g/mol. The van der Waals surface area contributed by atoms with Gasteiger partial charge in [0.25, 0.3) is 0 Å². The molecule has 42 heavy (non-hydrogen) atoms. The third-order valence-electron chi connectivity index (χ3n) is 8.00. The van der Waals surface area contributed by atoms with Crippen LogP contribution < -0.4 is 24.4 Å². The topological polar surface area (TPSA) is 110 Å². The van der Waals surface area contributed by atoms with Crippen LogP contribution in [0.5, 0.6) is 17.2 Å². The van der Waals surface area contributed by atoms with Gasteiger partial charge >= 0.3 is 0 Å². The van der Waals surface area contributed by atoms with Gasteiger partial charge in [0.15, 0.2) is 17.3 Å². The Morgan fingerprint density at radius 2 is 1.79 bits per heavy atom. The summed E-state index contributed by atoms with van der Waals surface area (Å²) in [4.78, 5) is 19.2. The highest BCUT2D eigenvalue weighted by atomic mass is 16.5. The Kier molecular flexibility index (Phi) is 8.11. The monoisotopic (exact) mass is 571 g/mol. The van der Waals surface area contributed by atoms with Gasteiger partial charge in [-0.2, -0.15) is 4.98 Å². The number of aliphatic hydroxyl groups is 1. The van der Waals surface area contributed by atoms with Crippen LogP contribution in [-0.4, -0.2) is 76.6 Å². The van der Waals surface area contributed by atoms with Gasteiger partial charge in [0.2, 0.25) is 11.7 Å². The second-order valence-corrected chi connectivity index (χ2v) is 10.6. The molecule has 2 N–H and O–H groups in total. The number of nitrogens with one attached hydrogen (secondary N) is 1. The number of aromatic nitrogens is 4. The third kappa shape index (κ3) is 5.57. The molecule has 220 valence electrons. The second-order valence-electron chi connectivity index (χ2n) is 10.6. The number of ether oxygens (including phenoxy) is 3. The standard InChI is InChI=1S/C31H37N7O4/c1-40-26-14-23(15-27(41-2)29(26)42-3)37-18-28(32-20-37)34-31-33-25-11-13-36(16-21-8-5-4-6-9-21)17-24(25)30(35-31)38-12-7-10-22(38)19-39/h4-6,8-9,14-15,18,20,22,39H,7,10-13,16-17,19H2,1-3H3,(H,33,34,35)/t22-/m0/s1. The van der Waals surface area contributed by atoms with Crippen molar-refractivity contribution in [2.75, 3.05) is 51.2 Å². The normalized spacial score (nSPS) is 16.8. The van der Waals surface area contributed by atoms with Crippen LogP contribution in [0.1, 0.15) is 29.7 Å². The van der Waals surface area contributed by atoms with E-state index >= 15 is 0 Å². The summed E-state index contributed by atoms with van der Waals surface area (Å²) in [5.41, 5.74) is 4.28. The highest BCUT2D eigenvalue weighted by Crippen LogP contribution is 2.39. The molecule has 0 saturated carbocycles. The molecule has 1 saturated heterocycles. The molecule has 11 nitrogen and oxygen atoms in total. The van der Waals surface area contributed by atoms with Gasteiger partial charge in [0.1, 0.15) is 12.1 Å². The molecular formula is C31H37N7O4.